The summed E-state index contributed by atoms with van der Waals surface area (Å²) in [5.41, 5.74) is 2.49. The van der Waals surface area contributed by atoms with Crippen LogP contribution < -0.4 is 10.6 Å². The number of rotatable bonds is 7. The number of carbonyl (C=O) groups excluding carboxylic acids is 2. The summed E-state index contributed by atoms with van der Waals surface area (Å²) in [7, 11) is 0. The van der Waals surface area contributed by atoms with Gasteiger partial charge in [-0.05, 0) is 26.7 Å². The standard InChI is InChI=1S/C15H26N4O2/c1-6-8-13(16-12(5)20)15(21)17-14-10(3)18-19(9-7-2)11(14)4/h13H,6-9H2,1-5H3,(H,16,20)(H,17,21). The number of hydrogen-bond acceptors (Lipinski definition) is 3. The Hall–Kier alpha value is -1.85. The first-order valence-electron chi connectivity index (χ1n) is 7.52. The van der Waals surface area contributed by atoms with E-state index in [0.717, 1.165) is 36.5 Å². The van der Waals surface area contributed by atoms with Crippen molar-refractivity contribution in [1.29, 1.82) is 0 Å². The molecule has 0 saturated carbocycles. The van der Waals surface area contributed by atoms with Crippen LogP contribution in [-0.2, 0) is 16.1 Å². The van der Waals surface area contributed by atoms with E-state index in [-0.39, 0.29) is 11.8 Å². The van der Waals surface area contributed by atoms with Crippen LogP contribution in [0.5, 0.6) is 0 Å². The molecule has 1 atom stereocenters. The fourth-order valence-electron chi connectivity index (χ4n) is 2.32. The molecule has 1 rings (SSSR count). The molecule has 6 nitrogen and oxygen atoms in total. The van der Waals surface area contributed by atoms with Crippen molar-refractivity contribution < 1.29 is 9.59 Å². The number of hydrogen-bond donors (Lipinski definition) is 2. The van der Waals surface area contributed by atoms with Gasteiger partial charge in [-0.2, -0.15) is 5.10 Å². The zero-order chi connectivity index (χ0) is 16.0. The third kappa shape index (κ3) is 4.58. The minimum atomic E-state index is -0.499. The molecule has 21 heavy (non-hydrogen) atoms. The van der Waals surface area contributed by atoms with E-state index in [0.29, 0.717) is 6.42 Å². The Kier molecular flexibility index (Phi) is 6.39. The first kappa shape index (κ1) is 17.2. The van der Waals surface area contributed by atoms with Crippen molar-refractivity contribution in [1.82, 2.24) is 15.1 Å². The lowest BCUT2D eigenvalue weighted by molar-refractivity contribution is -0.125. The normalized spacial score (nSPS) is 12.0. The Bertz CT molecular complexity index is 508. The van der Waals surface area contributed by atoms with Gasteiger partial charge < -0.3 is 10.6 Å². The molecule has 2 amide bonds. The zero-order valence-electron chi connectivity index (χ0n) is 13.6. The molecule has 0 spiro atoms. The van der Waals surface area contributed by atoms with Crippen molar-refractivity contribution in [2.45, 2.75) is 66.5 Å². The number of nitrogens with one attached hydrogen (secondary N) is 2. The number of carbonyl (C=O) groups is 2. The Balaban J connectivity index is 2.87. The van der Waals surface area contributed by atoms with Gasteiger partial charge in [0.1, 0.15) is 6.04 Å². The van der Waals surface area contributed by atoms with Crippen molar-refractivity contribution in [3.8, 4) is 0 Å². The predicted octanol–water partition coefficient (Wildman–Crippen LogP) is 2.15. The van der Waals surface area contributed by atoms with Crippen molar-refractivity contribution in [2.75, 3.05) is 5.32 Å². The van der Waals surface area contributed by atoms with Crippen LogP contribution in [0.15, 0.2) is 0 Å². The fourth-order valence-corrected chi connectivity index (χ4v) is 2.32. The molecule has 6 heteroatoms. The molecular weight excluding hydrogens is 268 g/mol. The maximum Gasteiger partial charge on any atom is 0.247 e. The molecular formula is C15H26N4O2. The summed E-state index contributed by atoms with van der Waals surface area (Å²) in [5.74, 6) is -0.381. The summed E-state index contributed by atoms with van der Waals surface area (Å²) in [6.07, 6.45) is 2.43. The molecule has 0 aliphatic heterocycles. The molecule has 0 aliphatic carbocycles. The molecule has 1 unspecified atom stereocenters. The second kappa shape index (κ2) is 7.81. The second-order valence-corrected chi connectivity index (χ2v) is 5.30. The van der Waals surface area contributed by atoms with E-state index in [1.165, 1.54) is 6.92 Å². The molecule has 0 aromatic carbocycles. The van der Waals surface area contributed by atoms with Crippen LogP contribution in [0.4, 0.5) is 5.69 Å². The largest absolute Gasteiger partial charge is 0.345 e. The van der Waals surface area contributed by atoms with Crippen molar-refractivity contribution in [3.05, 3.63) is 11.4 Å². The number of nitrogens with zero attached hydrogens (tertiary/aromatic N) is 2. The number of anilines is 1. The summed E-state index contributed by atoms with van der Waals surface area (Å²) in [5, 5.41) is 10.0. The van der Waals surface area contributed by atoms with Gasteiger partial charge in [-0.3, -0.25) is 14.3 Å². The summed E-state index contributed by atoms with van der Waals surface area (Å²) in [4.78, 5) is 23.5. The third-order valence-electron chi connectivity index (χ3n) is 3.34. The Morgan fingerprint density at radius 3 is 2.43 bits per heavy atom. The fraction of sp³-hybridized carbons (Fsp3) is 0.667. The van der Waals surface area contributed by atoms with Gasteiger partial charge in [0, 0.05) is 13.5 Å². The highest BCUT2D eigenvalue weighted by Gasteiger charge is 2.21. The average Bonchev–Trinajstić information content (AvgIpc) is 2.66. The molecule has 1 aromatic rings. The Labute approximate surface area is 126 Å². The number of aromatic nitrogens is 2. The van der Waals surface area contributed by atoms with E-state index in [9.17, 15) is 9.59 Å². The van der Waals surface area contributed by atoms with E-state index in [4.69, 9.17) is 0 Å². The van der Waals surface area contributed by atoms with Crippen LogP contribution >= 0.6 is 0 Å². The van der Waals surface area contributed by atoms with Gasteiger partial charge in [-0.1, -0.05) is 20.3 Å². The van der Waals surface area contributed by atoms with Gasteiger partial charge in [-0.25, -0.2) is 0 Å². The lowest BCUT2D eigenvalue weighted by Crippen LogP contribution is -2.42. The molecule has 2 N–H and O–H groups in total. The highest BCUT2D eigenvalue weighted by Crippen LogP contribution is 2.20. The molecule has 0 radical (unpaired) electrons. The van der Waals surface area contributed by atoms with E-state index in [2.05, 4.69) is 22.7 Å². The van der Waals surface area contributed by atoms with Crippen LogP contribution in [-0.4, -0.2) is 27.6 Å². The second-order valence-electron chi connectivity index (χ2n) is 5.30. The van der Waals surface area contributed by atoms with Gasteiger partial charge in [-0.15, -0.1) is 0 Å². The topological polar surface area (TPSA) is 76.0 Å². The van der Waals surface area contributed by atoms with Crippen LogP contribution in [0.2, 0.25) is 0 Å². The molecule has 1 heterocycles. The lowest BCUT2D eigenvalue weighted by Gasteiger charge is -2.17. The van der Waals surface area contributed by atoms with E-state index >= 15 is 0 Å². The molecule has 0 fully saturated rings. The van der Waals surface area contributed by atoms with Crippen LogP contribution in [0.3, 0.4) is 0 Å². The molecule has 0 aliphatic rings. The molecule has 118 valence electrons. The highest BCUT2D eigenvalue weighted by atomic mass is 16.2. The summed E-state index contributed by atoms with van der Waals surface area (Å²) >= 11 is 0. The van der Waals surface area contributed by atoms with Crippen molar-refractivity contribution >= 4 is 17.5 Å². The first-order chi connectivity index (χ1) is 9.90. The molecule has 1 aromatic heterocycles. The van der Waals surface area contributed by atoms with Gasteiger partial charge in [0.05, 0.1) is 17.1 Å². The monoisotopic (exact) mass is 294 g/mol. The average molecular weight is 294 g/mol. The number of aryl methyl sites for hydroxylation is 2. The molecule has 0 bridgehead atoms. The van der Waals surface area contributed by atoms with Crippen molar-refractivity contribution in [3.63, 3.8) is 0 Å². The number of amides is 2. The quantitative estimate of drug-likeness (QED) is 0.809. The van der Waals surface area contributed by atoms with E-state index < -0.39 is 6.04 Å². The summed E-state index contributed by atoms with van der Waals surface area (Å²) in [6, 6.07) is -0.499. The third-order valence-corrected chi connectivity index (χ3v) is 3.34. The van der Waals surface area contributed by atoms with Crippen LogP contribution in [0.25, 0.3) is 0 Å². The highest BCUT2D eigenvalue weighted by molar-refractivity contribution is 5.97. The lowest BCUT2D eigenvalue weighted by atomic mass is 10.1. The SMILES string of the molecule is CCCC(NC(C)=O)C(=O)Nc1c(C)nn(CCC)c1C. The zero-order valence-corrected chi connectivity index (χ0v) is 13.6. The van der Waals surface area contributed by atoms with Gasteiger partial charge in [0.2, 0.25) is 11.8 Å². The maximum atomic E-state index is 12.3. The minimum absolute atomic E-state index is 0.186. The summed E-state index contributed by atoms with van der Waals surface area (Å²) in [6.45, 7) is 10.1. The summed E-state index contributed by atoms with van der Waals surface area (Å²) < 4.78 is 1.90. The van der Waals surface area contributed by atoms with Crippen LogP contribution in [0, 0.1) is 13.8 Å². The maximum absolute atomic E-state index is 12.3. The van der Waals surface area contributed by atoms with Crippen molar-refractivity contribution in [2.24, 2.45) is 0 Å². The van der Waals surface area contributed by atoms with Gasteiger partial charge >= 0.3 is 0 Å². The minimum Gasteiger partial charge on any atom is -0.345 e. The smallest absolute Gasteiger partial charge is 0.247 e. The van der Waals surface area contributed by atoms with E-state index in [1.54, 1.807) is 0 Å². The Morgan fingerprint density at radius 1 is 1.24 bits per heavy atom. The van der Waals surface area contributed by atoms with E-state index in [1.807, 2.05) is 25.5 Å². The molecule has 0 saturated heterocycles. The Morgan fingerprint density at radius 2 is 1.90 bits per heavy atom. The van der Waals surface area contributed by atoms with Gasteiger partial charge in [0.15, 0.2) is 0 Å². The predicted molar refractivity (Wildman–Crippen MR) is 83.1 cm³/mol. The first-order valence-corrected chi connectivity index (χ1v) is 7.52. The van der Waals surface area contributed by atoms with Gasteiger partial charge in [0.25, 0.3) is 0 Å². The van der Waals surface area contributed by atoms with Crippen LogP contribution in [0.1, 0.15) is 51.4 Å².